The van der Waals surface area contributed by atoms with E-state index >= 15 is 0 Å². The molecule has 6 rings (SSSR count). The van der Waals surface area contributed by atoms with Gasteiger partial charge in [0.2, 0.25) is 0 Å². The summed E-state index contributed by atoms with van der Waals surface area (Å²) in [5.41, 5.74) is 6.04. The van der Waals surface area contributed by atoms with E-state index in [0.29, 0.717) is 0 Å². The fourth-order valence-electron chi connectivity index (χ4n) is 5.06. The highest BCUT2D eigenvalue weighted by atomic mass is 16.5. The van der Waals surface area contributed by atoms with Gasteiger partial charge in [0.05, 0.1) is 11.8 Å². The first-order chi connectivity index (χ1) is 12.4. The molecule has 4 aliphatic rings. The van der Waals surface area contributed by atoms with Gasteiger partial charge in [0.25, 0.3) is 0 Å². The van der Waals surface area contributed by atoms with Crippen LogP contribution in [0.5, 0.6) is 0 Å². The van der Waals surface area contributed by atoms with E-state index < -0.39 is 0 Å². The SMILES string of the molecule is C1=CC2OC34Cc5ccccc5N3CCCC4N=C2c2ccccc21. The Hall–Kier alpha value is -2.39. The smallest absolute Gasteiger partial charge is 0.169 e. The molecule has 1 fully saturated rings. The van der Waals surface area contributed by atoms with Crippen molar-refractivity contribution in [3.8, 4) is 0 Å². The lowest BCUT2D eigenvalue weighted by molar-refractivity contribution is -0.0841. The molecule has 1 saturated heterocycles. The van der Waals surface area contributed by atoms with Gasteiger partial charge < -0.3 is 9.64 Å². The Kier molecular flexibility index (Phi) is 2.67. The van der Waals surface area contributed by atoms with Crippen molar-refractivity contribution < 1.29 is 4.74 Å². The minimum absolute atomic E-state index is 0.0407. The van der Waals surface area contributed by atoms with E-state index in [9.17, 15) is 0 Å². The molecule has 124 valence electrons. The molecule has 2 aromatic rings. The highest BCUT2D eigenvalue weighted by Crippen LogP contribution is 2.49. The summed E-state index contributed by atoms with van der Waals surface area (Å²) in [7, 11) is 0. The van der Waals surface area contributed by atoms with Crippen molar-refractivity contribution in [1.82, 2.24) is 0 Å². The fourth-order valence-corrected chi connectivity index (χ4v) is 5.06. The molecule has 2 aromatic carbocycles. The normalized spacial score (nSPS) is 31.4. The van der Waals surface area contributed by atoms with Crippen molar-refractivity contribution >= 4 is 17.5 Å². The van der Waals surface area contributed by atoms with Crippen LogP contribution >= 0.6 is 0 Å². The molecule has 0 aromatic heterocycles. The summed E-state index contributed by atoms with van der Waals surface area (Å²) in [6, 6.07) is 17.5. The third-order valence-corrected chi connectivity index (χ3v) is 6.15. The van der Waals surface area contributed by atoms with E-state index in [1.165, 1.54) is 28.8 Å². The number of ether oxygens (including phenoxy) is 1. The Morgan fingerprint density at radius 1 is 1.08 bits per heavy atom. The van der Waals surface area contributed by atoms with E-state index in [1.807, 2.05) is 0 Å². The van der Waals surface area contributed by atoms with Crippen LogP contribution in [0.2, 0.25) is 0 Å². The second-order valence-electron chi connectivity index (χ2n) is 7.46. The highest BCUT2D eigenvalue weighted by Gasteiger charge is 2.56. The van der Waals surface area contributed by atoms with Crippen LogP contribution in [0.15, 0.2) is 59.6 Å². The quantitative estimate of drug-likeness (QED) is 0.734. The number of benzene rings is 2. The van der Waals surface area contributed by atoms with Gasteiger partial charge in [-0.2, -0.15) is 0 Å². The molecular formula is C22H20N2O. The minimum atomic E-state index is -0.299. The zero-order valence-electron chi connectivity index (χ0n) is 14.1. The second kappa shape index (κ2) is 4.83. The van der Waals surface area contributed by atoms with Gasteiger partial charge >= 0.3 is 0 Å². The summed E-state index contributed by atoms with van der Waals surface area (Å²) >= 11 is 0. The molecule has 0 N–H and O–H groups in total. The number of para-hydroxylation sites is 1. The largest absolute Gasteiger partial charge is 0.341 e. The standard InChI is InChI=1S/C22H20N2O/c1-3-8-17-15(6-1)11-12-19-21(17)23-20-10-5-13-24-18-9-4-2-7-16(18)14-22(20,24)25-19/h1-4,6-9,11-12,19-20H,5,10,13-14H2. The first-order valence-corrected chi connectivity index (χ1v) is 9.24. The van der Waals surface area contributed by atoms with Crippen LogP contribution in [-0.2, 0) is 11.2 Å². The van der Waals surface area contributed by atoms with Crippen LogP contribution in [0, 0.1) is 0 Å². The lowest BCUT2D eigenvalue weighted by Gasteiger charge is -2.51. The van der Waals surface area contributed by atoms with Crippen molar-refractivity contribution in [2.45, 2.75) is 37.1 Å². The van der Waals surface area contributed by atoms with E-state index in [-0.39, 0.29) is 17.9 Å². The van der Waals surface area contributed by atoms with Crippen LogP contribution in [0.3, 0.4) is 0 Å². The van der Waals surface area contributed by atoms with Crippen LogP contribution in [0.4, 0.5) is 5.69 Å². The van der Waals surface area contributed by atoms with Gasteiger partial charge in [0, 0.05) is 24.2 Å². The van der Waals surface area contributed by atoms with E-state index in [1.54, 1.807) is 0 Å². The molecule has 3 nitrogen and oxygen atoms in total. The zero-order chi connectivity index (χ0) is 16.4. The Morgan fingerprint density at radius 3 is 2.96 bits per heavy atom. The molecule has 3 unspecified atom stereocenters. The Bertz CT molecular complexity index is 931. The molecule has 3 atom stereocenters. The summed E-state index contributed by atoms with van der Waals surface area (Å²) in [5, 5.41) is 0. The molecule has 1 aliphatic carbocycles. The molecule has 25 heavy (non-hydrogen) atoms. The third-order valence-electron chi connectivity index (χ3n) is 6.15. The lowest BCUT2D eigenvalue weighted by Crippen LogP contribution is -2.64. The van der Waals surface area contributed by atoms with E-state index in [4.69, 9.17) is 9.73 Å². The summed E-state index contributed by atoms with van der Waals surface area (Å²) in [4.78, 5) is 7.77. The highest BCUT2D eigenvalue weighted by molar-refractivity contribution is 6.10. The molecule has 3 aliphatic heterocycles. The number of piperidine rings is 1. The molecule has 0 radical (unpaired) electrons. The van der Waals surface area contributed by atoms with Crippen molar-refractivity contribution in [2.24, 2.45) is 4.99 Å². The predicted octanol–water partition coefficient (Wildman–Crippen LogP) is 3.82. The van der Waals surface area contributed by atoms with Gasteiger partial charge in [-0.3, -0.25) is 4.99 Å². The zero-order valence-corrected chi connectivity index (χ0v) is 14.1. The van der Waals surface area contributed by atoms with Gasteiger partial charge in [0.15, 0.2) is 5.72 Å². The Balaban J connectivity index is 1.50. The fraction of sp³-hybridized carbons (Fsp3) is 0.318. The van der Waals surface area contributed by atoms with Crippen LogP contribution in [0.1, 0.15) is 29.5 Å². The van der Waals surface area contributed by atoms with Crippen molar-refractivity contribution in [1.29, 1.82) is 0 Å². The van der Waals surface area contributed by atoms with Crippen LogP contribution in [-0.4, -0.2) is 30.1 Å². The van der Waals surface area contributed by atoms with Crippen LogP contribution < -0.4 is 4.90 Å². The molecule has 3 heterocycles. The van der Waals surface area contributed by atoms with Gasteiger partial charge in [-0.1, -0.05) is 48.5 Å². The Labute approximate surface area is 147 Å². The number of aliphatic imine (C=N–C) groups is 1. The third kappa shape index (κ3) is 1.77. The first kappa shape index (κ1) is 13.9. The van der Waals surface area contributed by atoms with Gasteiger partial charge in [0.1, 0.15) is 6.10 Å². The first-order valence-electron chi connectivity index (χ1n) is 9.24. The lowest BCUT2D eigenvalue weighted by atomic mass is 9.86. The summed E-state index contributed by atoms with van der Waals surface area (Å²) in [6.45, 7) is 1.06. The van der Waals surface area contributed by atoms with Crippen LogP contribution in [0.25, 0.3) is 6.08 Å². The Morgan fingerprint density at radius 2 is 1.96 bits per heavy atom. The van der Waals surface area contributed by atoms with E-state index in [2.05, 4.69) is 65.6 Å². The molecular weight excluding hydrogens is 308 g/mol. The topological polar surface area (TPSA) is 24.8 Å². The van der Waals surface area contributed by atoms with E-state index in [0.717, 1.165) is 25.1 Å². The number of hydrogen-bond acceptors (Lipinski definition) is 3. The molecule has 0 bridgehead atoms. The molecule has 1 spiro atoms. The number of anilines is 1. The van der Waals surface area contributed by atoms with Gasteiger partial charge in [-0.15, -0.1) is 0 Å². The minimum Gasteiger partial charge on any atom is -0.341 e. The molecule has 0 saturated carbocycles. The number of nitrogens with zero attached hydrogens (tertiary/aromatic N) is 2. The number of fused-ring (bicyclic) bond motifs is 5. The monoisotopic (exact) mass is 328 g/mol. The average molecular weight is 328 g/mol. The molecule has 0 amide bonds. The molecule has 3 heteroatoms. The predicted molar refractivity (Wildman–Crippen MR) is 100 cm³/mol. The maximum atomic E-state index is 6.85. The van der Waals surface area contributed by atoms with Crippen molar-refractivity contribution in [3.05, 3.63) is 71.3 Å². The average Bonchev–Trinajstić information content (AvgIpc) is 2.99. The number of hydrogen-bond donors (Lipinski definition) is 0. The summed E-state index contributed by atoms with van der Waals surface area (Å²) < 4.78 is 6.85. The van der Waals surface area contributed by atoms with Gasteiger partial charge in [-0.05, 0) is 36.1 Å². The van der Waals surface area contributed by atoms with Crippen molar-refractivity contribution in [3.63, 3.8) is 0 Å². The summed E-state index contributed by atoms with van der Waals surface area (Å²) in [6.07, 6.45) is 7.54. The summed E-state index contributed by atoms with van der Waals surface area (Å²) in [5.74, 6) is 0. The second-order valence-corrected chi connectivity index (χ2v) is 7.46. The van der Waals surface area contributed by atoms with Crippen molar-refractivity contribution in [2.75, 3.05) is 11.4 Å². The van der Waals surface area contributed by atoms with Gasteiger partial charge in [-0.25, -0.2) is 0 Å². The maximum Gasteiger partial charge on any atom is 0.169 e. The maximum absolute atomic E-state index is 6.85. The number of rotatable bonds is 0.